The number of carboxylic acid groups (broad SMARTS) is 2. The topological polar surface area (TPSA) is 127 Å². The predicted octanol–water partition coefficient (Wildman–Crippen LogP) is 2.22. The summed E-state index contributed by atoms with van der Waals surface area (Å²) < 4.78 is 9.90. The second-order valence-corrected chi connectivity index (χ2v) is 6.10. The summed E-state index contributed by atoms with van der Waals surface area (Å²) >= 11 is 0. The quantitative estimate of drug-likeness (QED) is 0.421. The van der Waals surface area contributed by atoms with Crippen molar-refractivity contribution in [2.75, 3.05) is 0 Å². The Bertz CT molecular complexity index is 808. The van der Waals surface area contributed by atoms with Crippen LogP contribution < -0.4 is 9.47 Å². The summed E-state index contributed by atoms with van der Waals surface area (Å²) in [6.45, 7) is 3.60. The second-order valence-electron chi connectivity index (χ2n) is 6.10. The van der Waals surface area contributed by atoms with Crippen molar-refractivity contribution >= 4 is 23.9 Å². The number of carbonyl (C=O) groups excluding carboxylic acids is 2. The highest BCUT2D eigenvalue weighted by Gasteiger charge is 2.47. The Morgan fingerprint density at radius 2 is 0.929 bits per heavy atom. The van der Waals surface area contributed by atoms with Gasteiger partial charge in [0.15, 0.2) is 11.8 Å². The highest BCUT2D eigenvalue weighted by molar-refractivity contribution is 6.07. The Labute approximate surface area is 160 Å². The summed E-state index contributed by atoms with van der Waals surface area (Å²) in [5.74, 6) is -10.9. The van der Waals surface area contributed by atoms with Gasteiger partial charge in [-0.05, 0) is 38.1 Å². The molecule has 0 fully saturated rings. The number of aryl methyl sites for hydroxylation is 2. The molecule has 0 aliphatic heterocycles. The molecule has 2 atom stereocenters. The van der Waals surface area contributed by atoms with Crippen molar-refractivity contribution in [3.63, 3.8) is 0 Å². The summed E-state index contributed by atoms with van der Waals surface area (Å²) in [6, 6.07) is 12.2. The minimum atomic E-state index is -2.28. The van der Waals surface area contributed by atoms with Crippen LogP contribution in [0.3, 0.4) is 0 Å². The first kappa shape index (κ1) is 20.6. The number of carboxylic acids is 2. The van der Waals surface area contributed by atoms with E-state index in [1.165, 1.54) is 24.3 Å². The van der Waals surface area contributed by atoms with E-state index < -0.39 is 35.7 Å². The molecule has 2 aromatic carbocycles. The fourth-order valence-corrected chi connectivity index (χ4v) is 2.33. The summed E-state index contributed by atoms with van der Waals surface area (Å²) in [4.78, 5) is 47.7. The first-order valence-corrected chi connectivity index (χ1v) is 8.21. The lowest BCUT2D eigenvalue weighted by atomic mass is 9.92. The highest BCUT2D eigenvalue weighted by atomic mass is 16.5. The van der Waals surface area contributed by atoms with E-state index in [0.29, 0.717) is 0 Å². The van der Waals surface area contributed by atoms with Crippen LogP contribution in [0.15, 0.2) is 48.5 Å². The maximum absolute atomic E-state index is 12.3. The van der Waals surface area contributed by atoms with Gasteiger partial charge in [-0.3, -0.25) is 19.2 Å². The largest absolute Gasteiger partial charge is 0.481 e. The maximum Gasteiger partial charge on any atom is 0.327 e. The van der Waals surface area contributed by atoms with E-state index >= 15 is 0 Å². The van der Waals surface area contributed by atoms with Crippen LogP contribution in [0.1, 0.15) is 11.1 Å². The van der Waals surface area contributed by atoms with Gasteiger partial charge in [0.1, 0.15) is 11.5 Å². The van der Waals surface area contributed by atoms with Crippen LogP contribution in [0.5, 0.6) is 11.5 Å². The van der Waals surface area contributed by atoms with Crippen molar-refractivity contribution in [1.82, 2.24) is 0 Å². The molecular weight excluding hydrogens is 368 g/mol. The van der Waals surface area contributed by atoms with Gasteiger partial charge in [-0.15, -0.1) is 0 Å². The van der Waals surface area contributed by atoms with Gasteiger partial charge in [0.25, 0.3) is 0 Å². The Balaban J connectivity index is 2.24. The van der Waals surface area contributed by atoms with Gasteiger partial charge in [0.2, 0.25) is 0 Å². The Hall–Kier alpha value is -3.68. The molecule has 0 amide bonds. The number of esters is 2. The number of rotatable bonds is 7. The van der Waals surface area contributed by atoms with Crippen LogP contribution in [0.25, 0.3) is 0 Å². The van der Waals surface area contributed by atoms with Crippen molar-refractivity contribution in [2.45, 2.75) is 13.8 Å². The van der Waals surface area contributed by atoms with Gasteiger partial charge in [-0.25, -0.2) is 0 Å². The van der Waals surface area contributed by atoms with Crippen molar-refractivity contribution in [3.8, 4) is 11.5 Å². The number of ether oxygens (including phenoxy) is 2. The third-order valence-electron chi connectivity index (χ3n) is 3.85. The number of hydrogen-bond acceptors (Lipinski definition) is 6. The van der Waals surface area contributed by atoms with E-state index in [9.17, 15) is 29.4 Å². The van der Waals surface area contributed by atoms with Crippen LogP contribution in [0.2, 0.25) is 0 Å². The molecule has 0 unspecified atom stereocenters. The van der Waals surface area contributed by atoms with Gasteiger partial charge in [0.05, 0.1) is 0 Å². The third-order valence-corrected chi connectivity index (χ3v) is 3.85. The summed E-state index contributed by atoms with van der Waals surface area (Å²) in [5.41, 5.74) is 1.75. The van der Waals surface area contributed by atoms with Gasteiger partial charge in [-0.1, -0.05) is 35.4 Å². The average Bonchev–Trinajstić information content (AvgIpc) is 2.62. The van der Waals surface area contributed by atoms with Crippen molar-refractivity contribution in [2.24, 2.45) is 11.8 Å². The van der Waals surface area contributed by atoms with E-state index in [-0.39, 0.29) is 11.5 Å². The van der Waals surface area contributed by atoms with E-state index in [1.54, 1.807) is 38.1 Å². The van der Waals surface area contributed by atoms with E-state index in [2.05, 4.69) is 0 Å². The van der Waals surface area contributed by atoms with E-state index in [4.69, 9.17) is 9.47 Å². The van der Waals surface area contributed by atoms with Gasteiger partial charge >= 0.3 is 23.9 Å². The van der Waals surface area contributed by atoms with Crippen molar-refractivity contribution < 1.29 is 38.9 Å². The van der Waals surface area contributed by atoms with Crippen LogP contribution in [-0.4, -0.2) is 34.1 Å². The molecule has 28 heavy (non-hydrogen) atoms. The maximum atomic E-state index is 12.3. The molecule has 0 aliphatic rings. The monoisotopic (exact) mass is 386 g/mol. The normalized spacial score (nSPS) is 12.5. The fraction of sp³-hybridized carbons (Fsp3) is 0.200. The lowest BCUT2D eigenvalue weighted by molar-refractivity contribution is -0.169. The molecule has 8 nitrogen and oxygen atoms in total. The third kappa shape index (κ3) is 5.16. The molecule has 2 rings (SSSR count). The van der Waals surface area contributed by atoms with Gasteiger partial charge in [0, 0.05) is 0 Å². The number of benzene rings is 2. The zero-order chi connectivity index (χ0) is 20.8. The minimum absolute atomic E-state index is 0.0258. The molecule has 0 aliphatic carbocycles. The number of carbonyl (C=O) groups is 4. The molecule has 0 spiro atoms. The fourth-order valence-electron chi connectivity index (χ4n) is 2.33. The summed E-state index contributed by atoms with van der Waals surface area (Å²) in [7, 11) is 0. The van der Waals surface area contributed by atoms with Gasteiger partial charge in [-0.2, -0.15) is 0 Å². The van der Waals surface area contributed by atoms with Crippen LogP contribution in [0, 0.1) is 25.7 Å². The summed E-state index contributed by atoms with van der Waals surface area (Å²) in [6.07, 6.45) is 0. The zero-order valence-electron chi connectivity index (χ0n) is 15.1. The molecule has 0 aromatic heterocycles. The molecule has 2 N–H and O–H groups in total. The van der Waals surface area contributed by atoms with Crippen LogP contribution in [0.4, 0.5) is 0 Å². The molecule has 146 valence electrons. The first-order chi connectivity index (χ1) is 13.2. The molecule has 0 bridgehead atoms. The van der Waals surface area contributed by atoms with Crippen LogP contribution in [-0.2, 0) is 19.2 Å². The number of aliphatic carboxylic acids is 2. The van der Waals surface area contributed by atoms with E-state index in [0.717, 1.165) is 11.1 Å². The van der Waals surface area contributed by atoms with Crippen molar-refractivity contribution in [1.29, 1.82) is 0 Å². The second kappa shape index (κ2) is 8.81. The smallest absolute Gasteiger partial charge is 0.327 e. The molecular formula is C20H18O8. The molecule has 8 heteroatoms. The molecule has 2 aromatic rings. The van der Waals surface area contributed by atoms with Crippen LogP contribution >= 0.6 is 0 Å². The molecule has 0 saturated heterocycles. The standard InChI is InChI=1S/C20H18O8/c1-11-3-7-13(8-4-11)27-19(25)15(17(21)22)16(18(23)24)20(26)28-14-9-5-12(2)6-10-14/h3-10,15-16H,1-2H3,(H,21,22)(H,23,24)/t15-,16-/m1/s1. The van der Waals surface area contributed by atoms with E-state index in [1.807, 2.05) is 0 Å². The molecule has 0 saturated carbocycles. The summed E-state index contributed by atoms with van der Waals surface area (Å²) in [5, 5.41) is 18.7. The van der Waals surface area contributed by atoms with Crippen molar-refractivity contribution in [3.05, 3.63) is 59.7 Å². The predicted molar refractivity (Wildman–Crippen MR) is 95.9 cm³/mol. The zero-order valence-corrected chi connectivity index (χ0v) is 15.1. The Kier molecular flexibility index (Phi) is 6.49. The Morgan fingerprint density at radius 3 is 1.18 bits per heavy atom. The molecule has 0 radical (unpaired) electrons. The lowest BCUT2D eigenvalue weighted by Crippen LogP contribution is -2.44. The Morgan fingerprint density at radius 1 is 0.643 bits per heavy atom. The van der Waals surface area contributed by atoms with Gasteiger partial charge < -0.3 is 19.7 Å². The lowest BCUT2D eigenvalue weighted by Gasteiger charge is -2.18. The highest BCUT2D eigenvalue weighted by Crippen LogP contribution is 2.22. The SMILES string of the molecule is Cc1ccc(OC(=O)[C@@H](C(=O)O)[C@H](C(=O)O)C(=O)Oc2ccc(C)cc2)cc1. The molecule has 0 heterocycles. The number of hydrogen-bond donors (Lipinski definition) is 2. The average molecular weight is 386 g/mol. The first-order valence-electron chi connectivity index (χ1n) is 8.21. The minimum Gasteiger partial charge on any atom is -0.481 e.